The van der Waals surface area contributed by atoms with Gasteiger partial charge in [0.1, 0.15) is 11.6 Å². The first-order valence-electron chi connectivity index (χ1n) is 7.90. The molecule has 0 fully saturated rings. The Morgan fingerprint density at radius 1 is 0.929 bits per heavy atom. The van der Waals surface area contributed by atoms with Crippen molar-refractivity contribution in [3.05, 3.63) is 86.1 Å². The molecule has 0 saturated carbocycles. The minimum Gasteiger partial charge on any atom is -0.454 e. The van der Waals surface area contributed by atoms with Crippen molar-refractivity contribution in [1.82, 2.24) is 0 Å². The molecule has 140 valence electrons. The van der Waals surface area contributed by atoms with Crippen LogP contribution in [0.25, 0.3) is 0 Å². The molecular formula is C19H9Cl2FN2O4. The summed E-state index contributed by atoms with van der Waals surface area (Å²) in [5.41, 5.74) is -0.0917. The van der Waals surface area contributed by atoms with E-state index in [9.17, 15) is 19.3 Å². The van der Waals surface area contributed by atoms with Gasteiger partial charge in [-0.05, 0) is 42.5 Å². The van der Waals surface area contributed by atoms with Crippen LogP contribution in [-0.4, -0.2) is 10.8 Å². The lowest BCUT2D eigenvalue weighted by molar-refractivity contribution is -0.384. The zero-order valence-electron chi connectivity index (χ0n) is 13.9. The number of fused-ring (bicyclic) bond motifs is 2. The van der Waals surface area contributed by atoms with E-state index in [0.717, 1.165) is 11.0 Å². The Bertz CT molecular complexity index is 1150. The van der Waals surface area contributed by atoms with Crippen LogP contribution in [0.4, 0.5) is 21.5 Å². The number of carbonyl (C=O) groups is 1. The number of amides is 1. The summed E-state index contributed by atoms with van der Waals surface area (Å²) < 4.78 is 20.4. The molecule has 9 heteroatoms. The van der Waals surface area contributed by atoms with Gasteiger partial charge in [0, 0.05) is 16.1 Å². The van der Waals surface area contributed by atoms with Gasteiger partial charge in [-0.3, -0.25) is 19.8 Å². The summed E-state index contributed by atoms with van der Waals surface area (Å²) in [6.45, 7) is 0. The summed E-state index contributed by atoms with van der Waals surface area (Å²) in [6.07, 6.45) is 0. The van der Waals surface area contributed by atoms with Gasteiger partial charge in [-0.15, -0.1) is 0 Å². The molecule has 0 bridgehead atoms. The maximum absolute atomic E-state index is 14.6. The van der Waals surface area contributed by atoms with E-state index in [-0.39, 0.29) is 44.2 Å². The first kappa shape index (κ1) is 18.2. The number of nitro benzene ring substituents is 1. The molecule has 1 aliphatic rings. The third-order valence-corrected chi connectivity index (χ3v) is 4.61. The van der Waals surface area contributed by atoms with Gasteiger partial charge >= 0.3 is 0 Å². The second kappa shape index (κ2) is 6.78. The largest absolute Gasteiger partial charge is 0.454 e. The van der Waals surface area contributed by atoms with Gasteiger partial charge < -0.3 is 4.74 Å². The van der Waals surface area contributed by atoms with Gasteiger partial charge in [-0.2, -0.15) is 0 Å². The number of hydrogen-bond donors (Lipinski definition) is 0. The fourth-order valence-corrected chi connectivity index (χ4v) is 3.22. The Labute approximate surface area is 167 Å². The van der Waals surface area contributed by atoms with Crippen LogP contribution in [0.1, 0.15) is 10.4 Å². The highest BCUT2D eigenvalue weighted by atomic mass is 35.5. The van der Waals surface area contributed by atoms with E-state index < -0.39 is 16.6 Å². The van der Waals surface area contributed by atoms with Crippen LogP contribution in [0.3, 0.4) is 0 Å². The molecule has 0 atom stereocenters. The molecule has 1 aliphatic heterocycles. The Balaban J connectivity index is 2.00. The van der Waals surface area contributed by atoms with Gasteiger partial charge in [-0.1, -0.05) is 23.2 Å². The molecule has 0 aliphatic carbocycles. The number of carbonyl (C=O) groups excluding carboxylic acids is 1. The highest BCUT2D eigenvalue weighted by Crippen LogP contribution is 2.45. The number of nitrogens with zero attached hydrogens (tertiary/aromatic N) is 2. The Kier molecular flexibility index (Phi) is 4.41. The molecule has 28 heavy (non-hydrogen) atoms. The van der Waals surface area contributed by atoms with E-state index in [2.05, 4.69) is 0 Å². The second-order valence-corrected chi connectivity index (χ2v) is 6.76. The lowest BCUT2D eigenvalue weighted by Crippen LogP contribution is -2.26. The molecule has 0 saturated heterocycles. The van der Waals surface area contributed by atoms with E-state index >= 15 is 0 Å². The molecule has 0 unspecified atom stereocenters. The van der Waals surface area contributed by atoms with Crippen molar-refractivity contribution in [1.29, 1.82) is 0 Å². The Hall–Kier alpha value is -3.16. The van der Waals surface area contributed by atoms with Crippen LogP contribution in [0.5, 0.6) is 11.5 Å². The number of rotatable bonds is 2. The highest BCUT2D eigenvalue weighted by Gasteiger charge is 2.32. The predicted molar refractivity (Wildman–Crippen MR) is 103 cm³/mol. The fourth-order valence-electron chi connectivity index (χ4n) is 2.89. The quantitative estimate of drug-likeness (QED) is 0.370. The van der Waals surface area contributed by atoms with Crippen LogP contribution >= 0.6 is 23.2 Å². The van der Waals surface area contributed by atoms with Gasteiger partial charge in [0.15, 0.2) is 5.75 Å². The number of ether oxygens (including phenoxy) is 1. The first-order valence-corrected chi connectivity index (χ1v) is 8.66. The summed E-state index contributed by atoms with van der Waals surface area (Å²) in [5, 5.41) is 11.6. The van der Waals surface area contributed by atoms with Crippen molar-refractivity contribution in [2.24, 2.45) is 0 Å². The lowest BCUT2D eigenvalue weighted by Gasteiger charge is -2.22. The standard InChI is InChI=1S/C19H9Cl2FN2O4/c20-10-2-6-17-13(7-10)19(25)23(15-4-1-11(21)8-14(15)22)16-5-3-12(24(26)27)9-18(16)28-17/h1-9H. The Morgan fingerprint density at radius 3 is 2.32 bits per heavy atom. The topological polar surface area (TPSA) is 72.7 Å². The van der Waals surface area contributed by atoms with Crippen molar-refractivity contribution in [2.75, 3.05) is 4.90 Å². The summed E-state index contributed by atoms with van der Waals surface area (Å²) in [7, 11) is 0. The van der Waals surface area contributed by atoms with E-state index in [1.807, 2.05) is 0 Å². The smallest absolute Gasteiger partial charge is 0.273 e. The third-order valence-electron chi connectivity index (χ3n) is 4.14. The summed E-state index contributed by atoms with van der Waals surface area (Å²) in [6, 6.07) is 11.9. The van der Waals surface area contributed by atoms with Crippen LogP contribution in [0.15, 0.2) is 54.6 Å². The average Bonchev–Trinajstić information content (AvgIpc) is 2.76. The zero-order valence-corrected chi connectivity index (χ0v) is 15.4. The summed E-state index contributed by atoms with van der Waals surface area (Å²) in [5.74, 6) is -1.17. The number of benzene rings is 3. The lowest BCUT2D eigenvalue weighted by atomic mass is 10.1. The molecule has 3 aromatic carbocycles. The van der Waals surface area contributed by atoms with E-state index in [1.165, 1.54) is 48.5 Å². The number of halogens is 3. The maximum atomic E-state index is 14.6. The molecule has 0 aromatic heterocycles. The molecule has 1 amide bonds. The monoisotopic (exact) mass is 418 g/mol. The molecule has 0 spiro atoms. The highest BCUT2D eigenvalue weighted by molar-refractivity contribution is 6.31. The van der Waals surface area contributed by atoms with Gasteiger partial charge in [0.25, 0.3) is 11.6 Å². The van der Waals surface area contributed by atoms with Crippen molar-refractivity contribution in [3.8, 4) is 11.5 Å². The minimum atomic E-state index is -0.740. The van der Waals surface area contributed by atoms with Crippen LogP contribution < -0.4 is 9.64 Å². The second-order valence-electron chi connectivity index (χ2n) is 5.89. The fraction of sp³-hybridized carbons (Fsp3) is 0. The third kappa shape index (κ3) is 3.04. The summed E-state index contributed by atoms with van der Waals surface area (Å²) in [4.78, 5) is 24.9. The van der Waals surface area contributed by atoms with Crippen LogP contribution in [0, 0.1) is 15.9 Å². The van der Waals surface area contributed by atoms with Gasteiger partial charge in [0.2, 0.25) is 0 Å². The number of hydrogen-bond acceptors (Lipinski definition) is 4. The predicted octanol–water partition coefficient (Wildman–Crippen LogP) is 6.12. The molecule has 6 nitrogen and oxygen atoms in total. The molecule has 1 heterocycles. The molecule has 3 aromatic rings. The van der Waals surface area contributed by atoms with E-state index in [4.69, 9.17) is 27.9 Å². The van der Waals surface area contributed by atoms with Crippen LogP contribution in [-0.2, 0) is 0 Å². The number of anilines is 2. The van der Waals surface area contributed by atoms with Gasteiger partial charge in [-0.25, -0.2) is 4.39 Å². The summed E-state index contributed by atoms with van der Waals surface area (Å²) >= 11 is 11.8. The number of nitro groups is 1. The molecule has 0 radical (unpaired) electrons. The van der Waals surface area contributed by atoms with E-state index in [1.54, 1.807) is 0 Å². The maximum Gasteiger partial charge on any atom is 0.273 e. The van der Waals surface area contributed by atoms with Crippen molar-refractivity contribution in [3.63, 3.8) is 0 Å². The minimum absolute atomic E-state index is 0.0259. The molecule has 4 rings (SSSR count). The van der Waals surface area contributed by atoms with E-state index in [0.29, 0.717) is 0 Å². The average molecular weight is 419 g/mol. The van der Waals surface area contributed by atoms with Crippen molar-refractivity contribution in [2.45, 2.75) is 0 Å². The molecular weight excluding hydrogens is 410 g/mol. The number of non-ortho nitro benzene ring substituents is 1. The Morgan fingerprint density at radius 2 is 1.61 bits per heavy atom. The van der Waals surface area contributed by atoms with Crippen LogP contribution in [0.2, 0.25) is 10.0 Å². The zero-order chi connectivity index (χ0) is 20.0. The van der Waals surface area contributed by atoms with Crippen molar-refractivity contribution >= 4 is 46.2 Å². The SMILES string of the molecule is O=C1c2cc(Cl)ccc2Oc2cc([N+](=O)[O-])ccc2N1c1ccc(Cl)cc1F. The first-order chi connectivity index (χ1) is 13.3. The normalized spacial score (nSPS) is 12.7. The van der Waals surface area contributed by atoms with Gasteiger partial charge in [0.05, 0.1) is 27.9 Å². The van der Waals surface area contributed by atoms with Crippen molar-refractivity contribution < 1.29 is 18.8 Å². The molecule has 0 N–H and O–H groups in total.